The zero-order chi connectivity index (χ0) is 14.6. The third kappa shape index (κ3) is 4.23. The molecule has 1 aromatic rings. The van der Waals surface area contributed by atoms with Crippen LogP contribution in [0, 0.1) is 0 Å². The normalized spacial score (nSPS) is 15.1. The third-order valence-electron chi connectivity index (χ3n) is 2.99. The minimum absolute atomic E-state index is 0.0445. The smallest absolute Gasteiger partial charge is 0.411 e. The average Bonchev–Trinajstić information content (AvgIpc) is 2.37. The number of fused-ring (bicyclic) bond motifs is 1. The number of hydrogen-bond acceptors (Lipinski definition) is 3. The lowest BCUT2D eigenvalue weighted by atomic mass is 9.91. The highest BCUT2D eigenvalue weighted by Crippen LogP contribution is 2.25. The Kier molecular flexibility index (Phi) is 4.65. The second kappa shape index (κ2) is 6.26. The highest BCUT2D eigenvalue weighted by atomic mass is 19.4. The van der Waals surface area contributed by atoms with Crippen LogP contribution in [0.4, 0.5) is 13.2 Å². The number of rotatable bonds is 5. The van der Waals surface area contributed by atoms with Gasteiger partial charge in [-0.25, -0.2) is 0 Å². The van der Waals surface area contributed by atoms with Crippen molar-refractivity contribution in [1.29, 1.82) is 0 Å². The van der Waals surface area contributed by atoms with Crippen molar-refractivity contribution in [2.24, 2.45) is 0 Å². The Morgan fingerprint density at radius 3 is 2.70 bits per heavy atom. The molecule has 0 spiro atoms. The standard InChI is InChI=1S/C14H15F3O3/c15-14(16,17)9-19-6-7-20-11-4-5-12-10(8-11)2-1-3-13(12)18/h4-5,8H,1-3,6-7,9H2. The number of aryl methyl sites for hydroxylation is 1. The Hall–Kier alpha value is -1.56. The van der Waals surface area contributed by atoms with Gasteiger partial charge in [-0.15, -0.1) is 0 Å². The van der Waals surface area contributed by atoms with E-state index in [2.05, 4.69) is 4.74 Å². The molecule has 0 saturated carbocycles. The van der Waals surface area contributed by atoms with Crippen molar-refractivity contribution in [2.45, 2.75) is 25.4 Å². The van der Waals surface area contributed by atoms with Crippen LogP contribution in [0.1, 0.15) is 28.8 Å². The fraction of sp³-hybridized carbons (Fsp3) is 0.500. The Bertz CT molecular complexity index is 483. The highest BCUT2D eigenvalue weighted by Gasteiger charge is 2.27. The Morgan fingerprint density at radius 1 is 1.15 bits per heavy atom. The van der Waals surface area contributed by atoms with Crippen LogP contribution in [0.3, 0.4) is 0 Å². The molecular weight excluding hydrogens is 273 g/mol. The molecule has 0 aromatic heterocycles. The van der Waals surface area contributed by atoms with Crippen LogP contribution in [0.25, 0.3) is 0 Å². The molecule has 1 aliphatic rings. The van der Waals surface area contributed by atoms with Gasteiger partial charge < -0.3 is 9.47 Å². The largest absolute Gasteiger partial charge is 0.491 e. The van der Waals surface area contributed by atoms with E-state index in [1.54, 1.807) is 18.2 Å². The summed E-state index contributed by atoms with van der Waals surface area (Å²) >= 11 is 0. The van der Waals surface area contributed by atoms with E-state index in [0.717, 1.165) is 24.0 Å². The molecule has 0 N–H and O–H groups in total. The summed E-state index contributed by atoms with van der Waals surface area (Å²) in [5.41, 5.74) is 1.66. The fourth-order valence-corrected chi connectivity index (χ4v) is 2.12. The van der Waals surface area contributed by atoms with E-state index >= 15 is 0 Å². The average molecular weight is 288 g/mol. The number of hydrogen-bond donors (Lipinski definition) is 0. The number of carbonyl (C=O) groups is 1. The predicted molar refractivity (Wildman–Crippen MR) is 66.1 cm³/mol. The molecule has 0 heterocycles. The van der Waals surface area contributed by atoms with Crippen molar-refractivity contribution in [3.63, 3.8) is 0 Å². The minimum atomic E-state index is -4.31. The zero-order valence-corrected chi connectivity index (χ0v) is 10.8. The number of alkyl halides is 3. The maximum absolute atomic E-state index is 11.8. The van der Waals surface area contributed by atoms with Gasteiger partial charge in [-0.3, -0.25) is 4.79 Å². The van der Waals surface area contributed by atoms with Crippen LogP contribution in [0.15, 0.2) is 18.2 Å². The second-order valence-corrected chi connectivity index (χ2v) is 4.61. The van der Waals surface area contributed by atoms with Crippen LogP contribution in [-0.2, 0) is 11.2 Å². The van der Waals surface area contributed by atoms with E-state index in [9.17, 15) is 18.0 Å². The van der Waals surface area contributed by atoms with Gasteiger partial charge in [-0.1, -0.05) is 0 Å². The SMILES string of the molecule is O=C1CCCc2cc(OCCOCC(F)(F)F)ccc21. The first kappa shape index (κ1) is 14.8. The van der Waals surface area contributed by atoms with Crippen LogP contribution in [-0.4, -0.2) is 31.8 Å². The van der Waals surface area contributed by atoms with Crippen molar-refractivity contribution in [3.8, 4) is 5.75 Å². The minimum Gasteiger partial charge on any atom is -0.491 e. The van der Waals surface area contributed by atoms with Crippen molar-refractivity contribution < 1.29 is 27.4 Å². The van der Waals surface area contributed by atoms with E-state index in [4.69, 9.17) is 4.74 Å². The van der Waals surface area contributed by atoms with E-state index in [-0.39, 0.29) is 19.0 Å². The van der Waals surface area contributed by atoms with Gasteiger partial charge in [-0.05, 0) is 36.6 Å². The molecule has 0 aliphatic heterocycles. The molecule has 1 aromatic carbocycles. The summed E-state index contributed by atoms with van der Waals surface area (Å²) in [4.78, 5) is 11.6. The van der Waals surface area contributed by atoms with Gasteiger partial charge in [0.15, 0.2) is 5.78 Å². The van der Waals surface area contributed by atoms with Gasteiger partial charge in [0.25, 0.3) is 0 Å². The molecule has 0 fully saturated rings. The molecule has 0 amide bonds. The lowest BCUT2D eigenvalue weighted by Gasteiger charge is -2.16. The maximum Gasteiger partial charge on any atom is 0.411 e. The summed E-state index contributed by atoms with van der Waals surface area (Å²) in [6.45, 7) is -1.35. The molecule has 0 bridgehead atoms. The fourth-order valence-electron chi connectivity index (χ4n) is 2.12. The lowest BCUT2D eigenvalue weighted by Crippen LogP contribution is -2.19. The maximum atomic E-state index is 11.8. The van der Waals surface area contributed by atoms with Crippen LogP contribution in [0.5, 0.6) is 5.75 Å². The van der Waals surface area contributed by atoms with Crippen molar-refractivity contribution in [2.75, 3.05) is 19.8 Å². The van der Waals surface area contributed by atoms with Crippen LogP contribution < -0.4 is 4.74 Å². The van der Waals surface area contributed by atoms with Gasteiger partial charge in [-0.2, -0.15) is 13.2 Å². The summed E-state index contributed by atoms with van der Waals surface area (Å²) in [7, 11) is 0. The molecule has 0 unspecified atom stereocenters. The first-order valence-corrected chi connectivity index (χ1v) is 6.39. The Balaban J connectivity index is 1.81. The first-order valence-electron chi connectivity index (χ1n) is 6.39. The monoisotopic (exact) mass is 288 g/mol. The molecular formula is C14H15F3O3. The highest BCUT2D eigenvalue weighted by molar-refractivity contribution is 5.98. The van der Waals surface area contributed by atoms with Crippen molar-refractivity contribution >= 4 is 5.78 Å². The molecule has 6 heteroatoms. The first-order chi connectivity index (χ1) is 9.46. The van der Waals surface area contributed by atoms with Gasteiger partial charge in [0.1, 0.15) is 19.0 Å². The lowest BCUT2D eigenvalue weighted by molar-refractivity contribution is -0.175. The van der Waals surface area contributed by atoms with E-state index in [1.807, 2.05) is 0 Å². The molecule has 0 atom stereocenters. The topological polar surface area (TPSA) is 35.5 Å². The summed E-state index contributed by atoms with van der Waals surface area (Å²) in [6.07, 6.45) is -2.10. The van der Waals surface area contributed by atoms with E-state index in [1.165, 1.54) is 0 Å². The van der Waals surface area contributed by atoms with Crippen molar-refractivity contribution in [1.82, 2.24) is 0 Å². The summed E-state index contributed by atoms with van der Waals surface area (Å²) in [5.74, 6) is 0.681. The molecule has 0 radical (unpaired) electrons. The van der Waals surface area contributed by atoms with E-state index in [0.29, 0.717) is 12.2 Å². The molecule has 110 valence electrons. The number of carbonyl (C=O) groups excluding carboxylic acids is 1. The number of ether oxygens (including phenoxy) is 2. The zero-order valence-electron chi connectivity index (χ0n) is 10.8. The summed E-state index contributed by atoms with van der Waals surface area (Å²) in [5, 5.41) is 0. The van der Waals surface area contributed by atoms with E-state index < -0.39 is 12.8 Å². The summed E-state index contributed by atoms with van der Waals surface area (Å²) < 4.78 is 45.3. The summed E-state index contributed by atoms with van der Waals surface area (Å²) in [6, 6.07) is 5.14. The van der Waals surface area contributed by atoms with Crippen molar-refractivity contribution in [3.05, 3.63) is 29.3 Å². The van der Waals surface area contributed by atoms with Gasteiger partial charge >= 0.3 is 6.18 Å². The third-order valence-corrected chi connectivity index (χ3v) is 2.99. The predicted octanol–water partition coefficient (Wildman–Crippen LogP) is 3.16. The Morgan fingerprint density at radius 2 is 1.95 bits per heavy atom. The molecule has 1 aliphatic carbocycles. The molecule has 2 rings (SSSR count). The number of halogens is 3. The molecule has 3 nitrogen and oxygen atoms in total. The number of Topliss-reactive ketones (excluding diaryl/α,β-unsaturated/α-hetero) is 1. The van der Waals surface area contributed by atoms with Crippen LogP contribution >= 0.6 is 0 Å². The molecule has 0 saturated heterocycles. The number of ketones is 1. The molecule has 20 heavy (non-hydrogen) atoms. The quantitative estimate of drug-likeness (QED) is 0.781. The second-order valence-electron chi connectivity index (χ2n) is 4.61. The Labute approximate surface area is 114 Å². The van der Waals surface area contributed by atoms with Gasteiger partial charge in [0.2, 0.25) is 0 Å². The number of benzene rings is 1. The van der Waals surface area contributed by atoms with Gasteiger partial charge in [0.05, 0.1) is 6.61 Å². The van der Waals surface area contributed by atoms with Gasteiger partial charge in [0, 0.05) is 12.0 Å². The van der Waals surface area contributed by atoms with Crippen LogP contribution in [0.2, 0.25) is 0 Å².